The van der Waals surface area contributed by atoms with Gasteiger partial charge in [-0.3, -0.25) is 0 Å². The van der Waals surface area contributed by atoms with Crippen LogP contribution >= 0.6 is 46.4 Å². The molecule has 0 amide bonds. The number of halogens is 4. The van der Waals surface area contributed by atoms with Crippen LogP contribution in [0.4, 0.5) is 0 Å². The fourth-order valence-electron chi connectivity index (χ4n) is 0.977. The van der Waals surface area contributed by atoms with E-state index in [0.717, 1.165) is 5.56 Å². The standard InChI is InChI=1S/C10H8Cl4/c11-6-10(14)9(13)5-7-3-1-2-4-8(7)12/h1-4H,5-6H2. The smallest absolute Gasteiger partial charge is 0.0593 e. The van der Waals surface area contributed by atoms with Crippen LogP contribution in [0.15, 0.2) is 34.3 Å². The van der Waals surface area contributed by atoms with Gasteiger partial charge in [0, 0.05) is 21.5 Å². The lowest BCUT2D eigenvalue weighted by atomic mass is 10.1. The molecule has 0 saturated carbocycles. The van der Waals surface area contributed by atoms with E-state index in [-0.39, 0.29) is 5.88 Å². The van der Waals surface area contributed by atoms with Crippen LogP contribution in [0.3, 0.4) is 0 Å². The van der Waals surface area contributed by atoms with Crippen molar-refractivity contribution in [1.82, 2.24) is 0 Å². The normalized spacial score (nSPS) is 12.6. The van der Waals surface area contributed by atoms with Gasteiger partial charge >= 0.3 is 0 Å². The van der Waals surface area contributed by atoms with Crippen molar-refractivity contribution in [2.24, 2.45) is 0 Å². The summed E-state index contributed by atoms with van der Waals surface area (Å²) in [7, 11) is 0. The van der Waals surface area contributed by atoms with E-state index >= 15 is 0 Å². The second kappa shape index (κ2) is 5.87. The first-order chi connectivity index (χ1) is 6.65. The molecule has 1 aromatic carbocycles. The van der Waals surface area contributed by atoms with E-state index in [0.29, 0.717) is 21.5 Å². The molecule has 1 rings (SSSR count). The van der Waals surface area contributed by atoms with E-state index in [9.17, 15) is 0 Å². The molecule has 0 spiro atoms. The lowest BCUT2D eigenvalue weighted by molar-refractivity contribution is 1.23. The number of hydrogen-bond acceptors (Lipinski definition) is 0. The Kier molecular flexibility index (Phi) is 5.11. The van der Waals surface area contributed by atoms with Gasteiger partial charge < -0.3 is 0 Å². The third kappa shape index (κ3) is 3.36. The minimum atomic E-state index is 0.227. The predicted molar refractivity (Wildman–Crippen MR) is 64.6 cm³/mol. The Morgan fingerprint density at radius 2 is 1.71 bits per heavy atom. The highest BCUT2D eigenvalue weighted by Gasteiger charge is 2.05. The SMILES string of the molecule is ClCC(Cl)=C(Cl)Cc1ccccc1Cl. The second-order valence-electron chi connectivity index (χ2n) is 2.71. The second-order valence-corrected chi connectivity index (χ2v) is 4.30. The van der Waals surface area contributed by atoms with Gasteiger partial charge in [0.25, 0.3) is 0 Å². The van der Waals surface area contributed by atoms with Crippen LogP contribution < -0.4 is 0 Å². The van der Waals surface area contributed by atoms with Gasteiger partial charge in [0.2, 0.25) is 0 Å². The van der Waals surface area contributed by atoms with Crippen molar-refractivity contribution < 1.29 is 0 Å². The topological polar surface area (TPSA) is 0 Å². The van der Waals surface area contributed by atoms with Crippen LogP contribution in [0.2, 0.25) is 5.02 Å². The lowest BCUT2D eigenvalue weighted by Gasteiger charge is -2.03. The summed E-state index contributed by atoms with van der Waals surface area (Å²) in [5.74, 6) is 0.227. The zero-order valence-corrected chi connectivity index (χ0v) is 10.3. The van der Waals surface area contributed by atoms with Crippen LogP contribution in [0, 0.1) is 0 Å². The molecule has 0 fully saturated rings. The molecule has 14 heavy (non-hydrogen) atoms. The summed E-state index contributed by atoms with van der Waals surface area (Å²) in [4.78, 5) is 0. The molecule has 1 aromatic rings. The Labute approximate surface area is 103 Å². The minimum Gasteiger partial charge on any atom is -0.121 e. The van der Waals surface area contributed by atoms with E-state index in [1.165, 1.54) is 0 Å². The quantitative estimate of drug-likeness (QED) is 0.691. The molecule has 0 atom stereocenters. The molecule has 0 saturated heterocycles. The molecule has 0 N–H and O–H groups in total. The van der Waals surface area contributed by atoms with Crippen LogP contribution in [-0.2, 0) is 6.42 Å². The molecule has 0 aliphatic heterocycles. The molecule has 0 bridgehead atoms. The van der Waals surface area contributed by atoms with E-state index in [4.69, 9.17) is 46.4 Å². The van der Waals surface area contributed by atoms with E-state index in [1.54, 1.807) is 0 Å². The van der Waals surface area contributed by atoms with Crippen LogP contribution in [-0.4, -0.2) is 5.88 Å². The number of rotatable bonds is 3. The molecule has 76 valence electrons. The summed E-state index contributed by atoms with van der Waals surface area (Å²) in [5, 5.41) is 1.69. The number of hydrogen-bond donors (Lipinski definition) is 0. The number of benzene rings is 1. The molecule has 0 aliphatic carbocycles. The van der Waals surface area contributed by atoms with Gasteiger partial charge in [-0.25, -0.2) is 0 Å². The molecule has 0 heterocycles. The average molecular weight is 270 g/mol. The Bertz CT molecular complexity index is 344. The maximum absolute atomic E-state index is 5.96. The van der Waals surface area contributed by atoms with Gasteiger partial charge in [-0.2, -0.15) is 0 Å². The zero-order chi connectivity index (χ0) is 10.6. The van der Waals surface area contributed by atoms with Crippen molar-refractivity contribution in [2.45, 2.75) is 6.42 Å². The Morgan fingerprint density at radius 1 is 1.07 bits per heavy atom. The molecule has 0 nitrogen and oxygen atoms in total. The lowest BCUT2D eigenvalue weighted by Crippen LogP contribution is -1.89. The summed E-state index contributed by atoms with van der Waals surface area (Å²) in [6.45, 7) is 0. The Hall–Kier alpha value is 0.120. The van der Waals surface area contributed by atoms with Crippen molar-refractivity contribution >= 4 is 46.4 Å². The minimum absolute atomic E-state index is 0.227. The van der Waals surface area contributed by atoms with Crippen LogP contribution in [0.5, 0.6) is 0 Å². The average Bonchev–Trinajstić information content (AvgIpc) is 2.20. The predicted octanol–water partition coefficient (Wildman–Crippen LogP) is 4.81. The highest BCUT2D eigenvalue weighted by Crippen LogP contribution is 2.24. The maximum Gasteiger partial charge on any atom is 0.0593 e. The largest absolute Gasteiger partial charge is 0.121 e. The summed E-state index contributed by atoms with van der Waals surface area (Å²) in [6.07, 6.45) is 0.521. The number of alkyl halides is 1. The fraction of sp³-hybridized carbons (Fsp3) is 0.200. The van der Waals surface area contributed by atoms with Crippen LogP contribution in [0.25, 0.3) is 0 Å². The fourth-order valence-corrected chi connectivity index (χ4v) is 1.69. The third-order valence-electron chi connectivity index (χ3n) is 1.72. The summed E-state index contributed by atoms with van der Waals surface area (Å²) >= 11 is 23.2. The molecule has 0 aliphatic rings. The van der Waals surface area contributed by atoms with Gasteiger partial charge in [0.1, 0.15) is 0 Å². The third-order valence-corrected chi connectivity index (χ3v) is 3.31. The number of allylic oxidation sites excluding steroid dienone is 2. The van der Waals surface area contributed by atoms with Crippen molar-refractivity contribution in [3.05, 3.63) is 44.9 Å². The van der Waals surface area contributed by atoms with Crippen molar-refractivity contribution in [1.29, 1.82) is 0 Å². The summed E-state index contributed by atoms with van der Waals surface area (Å²) < 4.78 is 0. The summed E-state index contributed by atoms with van der Waals surface area (Å²) in [5.41, 5.74) is 0.947. The summed E-state index contributed by atoms with van der Waals surface area (Å²) in [6, 6.07) is 7.49. The first-order valence-electron chi connectivity index (χ1n) is 3.97. The first-order valence-corrected chi connectivity index (χ1v) is 5.64. The Balaban J connectivity index is 2.85. The van der Waals surface area contributed by atoms with Gasteiger partial charge in [-0.15, -0.1) is 11.6 Å². The van der Waals surface area contributed by atoms with Crippen molar-refractivity contribution in [3.63, 3.8) is 0 Å². The first kappa shape index (κ1) is 12.2. The molecule has 0 radical (unpaired) electrons. The van der Waals surface area contributed by atoms with E-state index < -0.39 is 0 Å². The molecule has 0 unspecified atom stereocenters. The molecular formula is C10H8Cl4. The van der Waals surface area contributed by atoms with Crippen molar-refractivity contribution in [2.75, 3.05) is 5.88 Å². The molecule has 0 aromatic heterocycles. The van der Waals surface area contributed by atoms with E-state index in [1.807, 2.05) is 24.3 Å². The molecule has 4 heteroatoms. The van der Waals surface area contributed by atoms with Gasteiger partial charge in [-0.05, 0) is 11.6 Å². The highest BCUT2D eigenvalue weighted by molar-refractivity contribution is 6.42. The van der Waals surface area contributed by atoms with E-state index in [2.05, 4.69) is 0 Å². The van der Waals surface area contributed by atoms with Crippen molar-refractivity contribution in [3.8, 4) is 0 Å². The highest BCUT2D eigenvalue weighted by atomic mass is 35.5. The monoisotopic (exact) mass is 268 g/mol. The zero-order valence-electron chi connectivity index (χ0n) is 7.24. The van der Waals surface area contributed by atoms with Gasteiger partial charge in [-0.1, -0.05) is 53.0 Å². The maximum atomic E-state index is 5.96. The van der Waals surface area contributed by atoms with Crippen LogP contribution in [0.1, 0.15) is 5.56 Å². The Morgan fingerprint density at radius 3 is 2.29 bits per heavy atom. The van der Waals surface area contributed by atoms with Gasteiger partial charge in [0.05, 0.1) is 5.88 Å². The molecular weight excluding hydrogens is 262 g/mol. The van der Waals surface area contributed by atoms with Gasteiger partial charge in [0.15, 0.2) is 0 Å².